The van der Waals surface area contributed by atoms with Gasteiger partial charge in [0.2, 0.25) is 5.91 Å². The van der Waals surface area contributed by atoms with Crippen molar-refractivity contribution in [2.75, 3.05) is 39.3 Å². The summed E-state index contributed by atoms with van der Waals surface area (Å²) >= 11 is 0. The van der Waals surface area contributed by atoms with Gasteiger partial charge >= 0.3 is 6.09 Å². The van der Waals surface area contributed by atoms with E-state index < -0.39 is 6.09 Å². The highest BCUT2D eigenvalue weighted by atomic mass is 19.1. The van der Waals surface area contributed by atoms with E-state index in [9.17, 15) is 14.0 Å². The monoisotopic (exact) mass is 361 g/mol. The molecule has 1 aromatic carbocycles. The van der Waals surface area contributed by atoms with E-state index in [2.05, 4.69) is 4.90 Å². The lowest BCUT2D eigenvalue weighted by atomic mass is 9.95. The molecule has 4 saturated heterocycles. The van der Waals surface area contributed by atoms with Crippen molar-refractivity contribution in [1.82, 2.24) is 14.7 Å². The number of carbonyl (C=O) groups is 2. The van der Waals surface area contributed by atoms with Crippen LogP contribution in [0, 0.1) is 11.7 Å². The topological polar surface area (TPSA) is 53.1 Å². The molecule has 7 heteroatoms. The quantitative estimate of drug-likeness (QED) is 0.819. The predicted molar refractivity (Wildman–Crippen MR) is 92.8 cm³/mol. The summed E-state index contributed by atoms with van der Waals surface area (Å²) in [6.07, 6.45) is 1.73. The van der Waals surface area contributed by atoms with Crippen LogP contribution in [-0.4, -0.2) is 72.1 Å². The van der Waals surface area contributed by atoms with Gasteiger partial charge in [0.25, 0.3) is 0 Å². The molecule has 4 aliphatic heterocycles. The molecule has 0 radical (unpaired) electrons. The lowest BCUT2D eigenvalue weighted by molar-refractivity contribution is -0.135. The van der Waals surface area contributed by atoms with Crippen molar-refractivity contribution >= 4 is 12.0 Å². The van der Waals surface area contributed by atoms with E-state index in [1.165, 1.54) is 17.0 Å². The maximum Gasteiger partial charge on any atom is 0.410 e. The largest absolute Gasteiger partial charge is 0.448 e. The number of fused-ring (bicyclic) bond motifs is 4. The molecule has 4 aliphatic rings. The second kappa shape index (κ2) is 7.23. The summed E-state index contributed by atoms with van der Waals surface area (Å²) in [5.41, 5.74) is 1.09. The Morgan fingerprint density at radius 2 is 1.96 bits per heavy atom. The fourth-order valence-corrected chi connectivity index (χ4v) is 4.29. The summed E-state index contributed by atoms with van der Waals surface area (Å²) in [5.74, 6) is 0.243. The number of cyclic esters (lactones) is 1. The lowest BCUT2D eigenvalue weighted by Crippen LogP contribution is -2.50. The Morgan fingerprint density at radius 1 is 1.15 bits per heavy atom. The van der Waals surface area contributed by atoms with E-state index in [1.54, 1.807) is 0 Å². The first-order chi connectivity index (χ1) is 12.6. The minimum Gasteiger partial charge on any atom is -0.448 e. The van der Waals surface area contributed by atoms with Gasteiger partial charge < -0.3 is 9.64 Å². The Hall–Kier alpha value is -2.15. The summed E-state index contributed by atoms with van der Waals surface area (Å²) in [7, 11) is 0. The van der Waals surface area contributed by atoms with E-state index >= 15 is 0 Å². The smallest absolute Gasteiger partial charge is 0.410 e. The van der Waals surface area contributed by atoms with Crippen molar-refractivity contribution in [3.8, 4) is 0 Å². The summed E-state index contributed by atoms with van der Waals surface area (Å²) in [6.45, 7) is 4.26. The zero-order valence-electron chi connectivity index (χ0n) is 14.8. The van der Waals surface area contributed by atoms with Crippen LogP contribution in [0.4, 0.5) is 9.18 Å². The van der Waals surface area contributed by atoms with Gasteiger partial charge in [-0.2, -0.15) is 0 Å². The van der Waals surface area contributed by atoms with Crippen LogP contribution >= 0.6 is 0 Å². The number of amides is 2. The molecule has 2 bridgehead atoms. The first-order valence-electron chi connectivity index (χ1n) is 9.26. The van der Waals surface area contributed by atoms with Crippen LogP contribution in [0.25, 0.3) is 0 Å². The summed E-state index contributed by atoms with van der Waals surface area (Å²) in [5, 5.41) is 0. The van der Waals surface area contributed by atoms with Crippen molar-refractivity contribution in [3.63, 3.8) is 0 Å². The highest BCUT2D eigenvalue weighted by molar-refractivity contribution is 5.83. The maximum atomic E-state index is 13.1. The Morgan fingerprint density at radius 3 is 2.69 bits per heavy atom. The molecule has 140 valence electrons. The van der Waals surface area contributed by atoms with Gasteiger partial charge in [-0.1, -0.05) is 12.1 Å². The number of hydrogen-bond acceptors (Lipinski definition) is 4. The highest BCUT2D eigenvalue weighted by Gasteiger charge is 2.38. The first kappa shape index (κ1) is 17.3. The number of ether oxygens (including phenoxy) is 1. The van der Waals surface area contributed by atoms with Crippen molar-refractivity contribution in [2.24, 2.45) is 5.92 Å². The van der Waals surface area contributed by atoms with Crippen molar-refractivity contribution in [2.45, 2.75) is 25.4 Å². The van der Waals surface area contributed by atoms with E-state index in [0.29, 0.717) is 19.1 Å². The van der Waals surface area contributed by atoms with Gasteiger partial charge in [-0.3, -0.25) is 14.6 Å². The van der Waals surface area contributed by atoms with Crippen LogP contribution in [0.1, 0.15) is 18.4 Å². The Balaban J connectivity index is 1.40. The second-order valence-electron chi connectivity index (χ2n) is 7.50. The molecule has 1 aromatic rings. The van der Waals surface area contributed by atoms with Gasteiger partial charge in [-0.05, 0) is 36.5 Å². The van der Waals surface area contributed by atoms with Crippen molar-refractivity contribution in [3.05, 3.63) is 35.6 Å². The minimum absolute atomic E-state index is 0.0159. The molecule has 5 rings (SSSR count). The van der Waals surface area contributed by atoms with Crippen LogP contribution in [0.15, 0.2) is 24.3 Å². The third-order valence-electron chi connectivity index (χ3n) is 5.60. The third-order valence-corrected chi connectivity index (χ3v) is 5.60. The Labute approximate surface area is 152 Å². The van der Waals surface area contributed by atoms with Gasteiger partial charge in [-0.15, -0.1) is 0 Å². The summed E-state index contributed by atoms with van der Waals surface area (Å²) < 4.78 is 18.0. The molecular weight excluding hydrogens is 337 g/mol. The molecule has 0 N–H and O–H groups in total. The molecule has 0 saturated carbocycles. The maximum absolute atomic E-state index is 13.1. The van der Waals surface area contributed by atoms with Crippen molar-refractivity contribution < 1.29 is 18.7 Å². The fraction of sp³-hybridized carbons (Fsp3) is 0.579. The Bertz CT molecular complexity index is 681. The lowest BCUT2D eigenvalue weighted by Gasteiger charge is -2.37. The number of piperidine rings is 1. The van der Waals surface area contributed by atoms with Gasteiger partial charge in [0.1, 0.15) is 19.0 Å². The molecule has 2 atom stereocenters. The van der Waals surface area contributed by atoms with Crippen LogP contribution in [0.5, 0.6) is 0 Å². The minimum atomic E-state index is -0.392. The number of carbonyl (C=O) groups excluding carboxylic acids is 2. The average molecular weight is 361 g/mol. The predicted octanol–water partition coefficient (Wildman–Crippen LogP) is 1.70. The molecule has 0 aliphatic carbocycles. The molecule has 26 heavy (non-hydrogen) atoms. The number of benzene rings is 1. The van der Waals surface area contributed by atoms with Crippen LogP contribution in [0.2, 0.25) is 0 Å². The van der Waals surface area contributed by atoms with E-state index in [0.717, 1.165) is 44.6 Å². The van der Waals surface area contributed by atoms with Crippen LogP contribution < -0.4 is 0 Å². The zero-order valence-corrected chi connectivity index (χ0v) is 14.8. The first-order valence-corrected chi connectivity index (χ1v) is 9.26. The fourth-order valence-electron chi connectivity index (χ4n) is 4.29. The van der Waals surface area contributed by atoms with Crippen LogP contribution in [-0.2, 0) is 16.1 Å². The van der Waals surface area contributed by atoms with Crippen LogP contribution in [0.3, 0.4) is 0 Å². The second-order valence-corrected chi connectivity index (χ2v) is 7.50. The molecule has 0 unspecified atom stereocenters. The summed E-state index contributed by atoms with van der Waals surface area (Å²) in [6, 6.07) is 6.81. The van der Waals surface area contributed by atoms with Crippen molar-refractivity contribution in [1.29, 1.82) is 0 Å². The van der Waals surface area contributed by atoms with Gasteiger partial charge in [0, 0.05) is 32.2 Å². The number of nitrogens with zero attached hydrogens (tertiary/aromatic N) is 3. The molecule has 2 amide bonds. The standard InChI is InChI=1S/C19H24FN3O3/c20-16-4-1-14(2-5-16)9-21-10-15-3-6-17(12-21)23(11-15)18(24)13-22-7-8-26-19(22)25/h1-2,4-5,15,17H,3,6-13H2/t15-,17+/m0/s1. The van der Waals surface area contributed by atoms with Gasteiger partial charge in [0.15, 0.2) is 0 Å². The molecule has 0 spiro atoms. The van der Waals surface area contributed by atoms with E-state index in [1.807, 2.05) is 17.0 Å². The number of hydrogen-bond donors (Lipinski definition) is 0. The Kier molecular flexibility index (Phi) is 4.80. The average Bonchev–Trinajstić information content (AvgIpc) is 2.84. The molecule has 0 aromatic heterocycles. The molecular formula is C19H24FN3O3. The molecule has 6 nitrogen and oxygen atoms in total. The number of rotatable bonds is 4. The highest BCUT2D eigenvalue weighted by Crippen LogP contribution is 2.29. The molecule has 4 fully saturated rings. The van der Waals surface area contributed by atoms with Gasteiger partial charge in [0.05, 0.1) is 6.54 Å². The summed E-state index contributed by atoms with van der Waals surface area (Å²) in [4.78, 5) is 30.2. The normalized spacial score (nSPS) is 26.1. The van der Waals surface area contributed by atoms with Gasteiger partial charge in [-0.25, -0.2) is 9.18 Å². The zero-order chi connectivity index (χ0) is 18.1. The third kappa shape index (κ3) is 3.67. The number of halogens is 1. The van der Waals surface area contributed by atoms with E-state index in [4.69, 9.17) is 4.74 Å². The SMILES string of the molecule is O=C1OCCN1CC(=O)N1C[C@H]2CC[C@@H]1CN(Cc1ccc(F)cc1)C2. The molecule has 4 heterocycles. The van der Waals surface area contributed by atoms with E-state index in [-0.39, 0.29) is 24.3 Å².